The van der Waals surface area contributed by atoms with E-state index in [0.717, 1.165) is 47.9 Å². The van der Waals surface area contributed by atoms with Crippen LogP contribution in [-0.2, 0) is 22.8 Å². The average Bonchev–Trinajstić information content (AvgIpc) is 3.06. The van der Waals surface area contributed by atoms with E-state index in [-0.39, 0.29) is 11.8 Å². The highest BCUT2D eigenvalue weighted by Gasteiger charge is 2.05. The molecule has 4 rings (SSSR count). The lowest BCUT2D eigenvalue weighted by Gasteiger charge is -2.09. The molecule has 0 aliphatic carbocycles. The summed E-state index contributed by atoms with van der Waals surface area (Å²) < 4.78 is 11.8. The minimum absolute atomic E-state index is 0.149. The Morgan fingerprint density at radius 3 is 1.34 bits per heavy atom. The van der Waals surface area contributed by atoms with E-state index in [2.05, 4.69) is 21.1 Å². The number of nitrogens with zero attached hydrogens (tertiary/aromatic N) is 2. The third-order valence-corrected chi connectivity index (χ3v) is 6.66. The molecule has 2 amide bonds. The summed E-state index contributed by atoms with van der Waals surface area (Å²) in [5, 5.41) is 8.19. The van der Waals surface area contributed by atoms with E-state index in [0.29, 0.717) is 37.6 Å². The predicted molar refractivity (Wildman–Crippen MR) is 174 cm³/mol. The Morgan fingerprint density at radius 1 is 0.523 bits per heavy atom. The van der Waals surface area contributed by atoms with Crippen LogP contribution in [0.1, 0.15) is 60.8 Å². The van der Waals surface area contributed by atoms with Crippen LogP contribution in [0.3, 0.4) is 0 Å². The molecule has 0 aromatic heterocycles. The zero-order valence-electron chi connectivity index (χ0n) is 24.7. The number of unbranched alkanes of at least 4 members (excludes halogenated alkanes) is 3. The molecule has 4 aromatic carbocycles. The molecule has 0 heterocycles. The first-order valence-corrected chi connectivity index (χ1v) is 14.8. The first-order valence-electron chi connectivity index (χ1n) is 14.8. The van der Waals surface area contributed by atoms with E-state index >= 15 is 0 Å². The van der Waals surface area contributed by atoms with Crippen molar-refractivity contribution in [2.75, 3.05) is 0 Å². The lowest BCUT2D eigenvalue weighted by Crippen LogP contribution is -2.17. The van der Waals surface area contributed by atoms with E-state index in [1.165, 1.54) is 0 Å². The fraction of sp³-hybridized carbons (Fsp3) is 0.222. The SMILES string of the molecule is O=C(CCCCCCC(=O)N/N=C/c1ccccc1OCc1ccccc1)N/N=C/c1ccccc1OCc1ccccc1. The van der Waals surface area contributed by atoms with Gasteiger partial charge in [-0.3, -0.25) is 9.59 Å². The van der Waals surface area contributed by atoms with Crippen molar-refractivity contribution in [1.29, 1.82) is 0 Å². The molecule has 0 radical (unpaired) electrons. The van der Waals surface area contributed by atoms with Crippen LogP contribution in [0.2, 0.25) is 0 Å². The molecule has 0 atom stereocenters. The number of amides is 2. The van der Waals surface area contributed by atoms with E-state index < -0.39 is 0 Å². The number of hydrogen-bond donors (Lipinski definition) is 2. The van der Waals surface area contributed by atoms with Gasteiger partial charge in [-0.05, 0) is 48.2 Å². The van der Waals surface area contributed by atoms with Gasteiger partial charge in [-0.1, -0.05) is 97.8 Å². The zero-order valence-corrected chi connectivity index (χ0v) is 24.7. The van der Waals surface area contributed by atoms with Crippen molar-refractivity contribution >= 4 is 24.2 Å². The maximum Gasteiger partial charge on any atom is 0.240 e. The van der Waals surface area contributed by atoms with E-state index in [9.17, 15) is 9.59 Å². The molecule has 0 unspecified atom stereocenters. The Labute approximate surface area is 258 Å². The summed E-state index contributed by atoms with van der Waals surface area (Å²) in [5.41, 5.74) is 8.88. The molecule has 2 N–H and O–H groups in total. The Balaban J connectivity index is 1.07. The highest BCUT2D eigenvalue weighted by atomic mass is 16.5. The van der Waals surface area contributed by atoms with Crippen molar-refractivity contribution in [3.05, 3.63) is 131 Å². The van der Waals surface area contributed by atoms with E-state index in [4.69, 9.17) is 9.47 Å². The van der Waals surface area contributed by atoms with Crippen LogP contribution < -0.4 is 20.3 Å². The first kappa shape index (κ1) is 31.7. The monoisotopic (exact) mass is 590 g/mol. The van der Waals surface area contributed by atoms with Crippen molar-refractivity contribution in [3.63, 3.8) is 0 Å². The number of carbonyl (C=O) groups excluding carboxylic acids is 2. The number of nitrogens with one attached hydrogen (secondary N) is 2. The van der Waals surface area contributed by atoms with Crippen molar-refractivity contribution in [3.8, 4) is 11.5 Å². The number of hydrazone groups is 2. The topological polar surface area (TPSA) is 101 Å². The Hall–Kier alpha value is -5.24. The van der Waals surface area contributed by atoms with Gasteiger partial charge in [-0.2, -0.15) is 10.2 Å². The Kier molecular flexibility index (Phi) is 13.2. The lowest BCUT2D eigenvalue weighted by molar-refractivity contribution is -0.122. The van der Waals surface area contributed by atoms with Crippen LogP contribution >= 0.6 is 0 Å². The second-order valence-corrected chi connectivity index (χ2v) is 10.1. The maximum absolute atomic E-state index is 12.2. The summed E-state index contributed by atoms with van der Waals surface area (Å²) in [4.78, 5) is 24.4. The van der Waals surface area contributed by atoms with Crippen LogP contribution in [0.4, 0.5) is 0 Å². The highest BCUT2D eigenvalue weighted by molar-refractivity contribution is 5.86. The Bertz CT molecular complexity index is 1390. The molecule has 0 spiro atoms. The summed E-state index contributed by atoms with van der Waals surface area (Å²) in [7, 11) is 0. The number of hydrogen-bond acceptors (Lipinski definition) is 6. The third kappa shape index (κ3) is 11.6. The number of rotatable bonds is 17. The van der Waals surface area contributed by atoms with Crippen molar-refractivity contribution in [2.24, 2.45) is 10.2 Å². The van der Waals surface area contributed by atoms with Gasteiger partial charge in [-0.25, -0.2) is 10.9 Å². The summed E-state index contributed by atoms with van der Waals surface area (Å²) in [6.07, 6.45) is 7.05. The summed E-state index contributed by atoms with van der Waals surface area (Å²) in [6.45, 7) is 0.902. The van der Waals surface area contributed by atoms with Crippen LogP contribution in [0.5, 0.6) is 11.5 Å². The number of para-hydroxylation sites is 2. The fourth-order valence-corrected chi connectivity index (χ4v) is 4.29. The first-order chi connectivity index (χ1) is 21.7. The standard InChI is InChI=1S/C36H38N4O4/c41-35(39-37-25-31-19-11-13-21-33(31)43-27-29-15-5-3-6-16-29)23-9-1-2-10-24-36(42)40-38-26-32-20-12-14-22-34(32)44-28-30-17-7-4-8-18-30/h3-8,11-22,25-26H,1-2,9-10,23-24,27-28H2,(H,39,41)(H,40,42)/b37-25+,38-26+. The molecule has 0 saturated heterocycles. The quantitative estimate of drug-likeness (QED) is 0.0804. The Morgan fingerprint density at radius 2 is 0.909 bits per heavy atom. The van der Waals surface area contributed by atoms with Crippen LogP contribution in [0.25, 0.3) is 0 Å². The molecule has 226 valence electrons. The van der Waals surface area contributed by atoms with Gasteiger partial charge in [-0.15, -0.1) is 0 Å². The van der Waals surface area contributed by atoms with Gasteiger partial charge in [0.15, 0.2) is 0 Å². The molecule has 0 fully saturated rings. The molecule has 4 aromatic rings. The molecule has 0 aliphatic rings. The molecule has 0 saturated carbocycles. The molecular formula is C36H38N4O4. The van der Waals surface area contributed by atoms with Gasteiger partial charge < -0.3 is 9.47 Å². The molecular weight excluding hydrogens is 552 g/mol. The summed E-state index contributed by atoms with van der Waals surface area (Å²) in [6, 6.07) is 35.0. The summed E-state index contributed by atoms with van der Waals surface area (Å²) >= 11 is 0. The van der Waals surface area contributed by atoms with Gasteiger partial charge in [0.05, 0.1) is 12.4 Å². The minimum Gasteiger partial charge on any atom is -0.488 e. The van der Waals surface area contributed by atoms with Crippen molar-refractivity contribution in [1.82, 2.24) is 10.9 Å². The van der Waals surface area contributed by atoms with E-state index in [1.54, 1.807) is 12.4 Å². The molecule has 0 aliphatic heterocycles. The maximum atomic E-state index is 12.2. The second-order valence-electron chi connectivity index (χ2n) is 10.1. The smallest absolute Gasteiger partial charge is 0.240 e. The van der Waals surface area contributed by atoms with Crippen LogP contribution in [0, 0.1) is 0 Å². The lowest BCUT2D eigenvalue weighted by atomic mass is 10.1. The molecule has 8 nitrogen and oxygen atoms in total. The van der Waals surface area contributed by atoms with Gasteiger partial charge in [0, 0.05) is 24.0 Å². The third-order valence-electron chi connectivity index (χ3n) is 6.66. The zero-order chi connectivity index (χ0) is 30.7. The van der Waals surface area contributed by atoms with Gasteiger partial charge in [0.1, 0.15) is 24.7 Å². The van der Waals surface area contributed by atoms with Gasteiger partial charge >= 0.3 is 0 Å². The number of ether oxygens (including phenoxy) is 2. The number of benzene rings is 4. The van der Waals surface area contributed by atoms with Gasteiger partial charge in [0.2, 0.25) is 11.8 Å². The largest absolute Gasteiger partial charge is 0.488 e. The molecule has 44 heavy (non-hydrogen) atoms. The average molecular weight is 591 g/mol. The summed E-state index contributed by atoms with van der Waals surface area (Å²) in [5.74, 6) is 1.09. The van der Waals surface area contributed by atoms with Crippen molar-refractivity contribution in [2.45, 2.75) is 51.7 Å². The van der Waals surface area contributed by atoms with E-state index in [1.807, 2.05) is 109 Å². The van der Waals surface area contributed by atoms with Crippen LogP contribution in [-0.4, -0.2) is 24.2 Å². The minimum atomic E-state index is -0.149. The van der Waals surface area contributed by atoms with Gasteiger partial charge in [0.25, 0.3) is 0 Å². The predicted octanol–water partition coefficient (Wildman–Crippen LogP) is 6.79. The normalized spacial score (nSPS) is 11.0. The fourth-order valence-electron chi connectivity index (χ4n) is 4.29. The molecule has 8 heteroatoms. The highest BCUT2D eigenvalue weighted by Crippen LogP contribution is 2.19. The van der Waals surface area contributed by atoms with Crippen molar-refractivity contribution < 1.29 is 19.1 Å². The van der Waals surface area contributed by atoms with Crippen LogP contribution in [0.15, 0.2) is 119 Å². The second kappa shape index (κ2) is 18.3. The number of carbonyl (C=O) groups is 2. The molecule has 0 bridgehead atoms.